The van der Waals surface area contributed by atoms with E-state index in [0.29, 0.717) is 18.5 Å². The van der Waals surface area contributed by atoms with Crippen LogP contribution in [0.15, 0.2) is 78.9 Å². The first-order valence-electron chi connectivity index (χ1n) is 10.0. The monoisotopic (exact) mass is 432 g/mol. The molecule has 1 aliphatic rings. The number of aryl methyl sites for hydroxylation is 1. The first kappa shape index (κ1) is 21.0. The minimum atomic E-state index is -1.07. The number of hydrogen-bond acceptors (Lipinski definition) is 6. The Bertz CT molecular complexity index is 1190. The molecule has 9 nitrogen and oxygen atoms in total. The Morgan fingerprint density at radius 1 is 1.06 bits per heavy atom. The van der Waals surface area contributed by atoms with Crippen LogP contribution in [0.1, 0.15) is 23.6 Å². The van der Waals surface area contributed by atoms with Crippen molar-refractivity contribution in [2.45, 2.75) is 19.0 Å². The van der Waals surface area contributed by atoms with E-state index < -0.39 is 22.7 Å². The SMILES string of the molecule is O=C1C(=O)N(CCCn2ccnc2)C(c2ccccc2[N+](=O)[O-])C1=C(O)c1ccccc1. The van der Waals surface area contributed by atoms with E-state index in [2.05, 4.69) is 4.98 Å². The van der Waals surface area contributed by atoms with Gasteiger partial charge in [0.1, 0.15) is 5.76 Å². The smallest absolute Gasteiger partial charge is 0.295 e. The zero-order chi connectivity index (χ0) is 22.7. The molecule has 4 rings (SSSR count). The van der Waals surface area contributed by atoms with E-state index in [-0.39, 0.29) is 29.1 Å². The lowest BCUT2D eigenvalue weighted by atomic mass is 9.94. The summed E-state index contributed by atoms with van der Waals surface area (Å²) in [6.07, 6.45) is 5.55. The zero-order valence-corrected chi connectivity index (χ0v) is 17.0. The summed E-state index contributed by atoms with van der Waals surface area (Å²) >= 11 is 0. The van der Waals surface area contributed by atoms with Gasteiger partial charge in [0.05, 0.1) is 28.4 Å². The normalized spacial score (nSPS) is 17.6. The number of amides is 1. The van der Waals surface area contributed by atoms with E-state index in [9.17, 15) is 24.8 Å². The Hall–Kier alpha value is -4.27. The molecule has 1 atom stereocenters. The average molecular weight is 432 g/mol. The fourth-order valence-corrected chi connectivity index (χ4v) is 3.91. The van der Waals surface area contributed by atoms with Gasteiger partial charge in [0, 0.05) is 37.1 Å². The second kappa shape index (κ2) is 8.84. The number of Topliss-reactive ketones (excluding diaryl/α,β-unsaturated/α-hetero) is 1. The predicted molar refractivity (Wildman–Crippen MR) is 115 cm³/mol. The lowest BCUT2D eigenvalue weighted by molar-refractivity contribution is -0.385. The predicted octanol–water partition coefficient (Wildman–Crippen LogP) is 3.30. The molecule has 162 valence electrons. The number of nitrogens with zero attached hydrogens (tertiary/aromatic N) is 4. The summed E-state index contributed by atoms with van der Waals surface area (Å²) in [5.41, 5.74) is 0.153. The quantitative estimate of drug-likeness (QED) is 0.201. The molecule has 0 bridgehead atoms. The summed E-state index contributed by atoms with van der Waals surface area (Å²) in [6, 6.07) is 13.2. The number of nitro groups is 1. The van der Waals surface area contributed by atoms with Gasteiger partial charge in [-0.15, -0.1) is 0 Å². The highest BCUT2D eigenvalue weighted by atomic mass is 16.6. The molecule has 0 aliphatic carbocycles. The van der Waals surface area contributed by atoms with Crippen molar-refractivity contribution in [2.24, 2.45) is 0 Å². The van der Waals surface area contributed by atoms with Gasteiger partial charge in [-0.1, -0.05) is 42.5 Å². The van der Waals surface area contributed by atoms with Crippen LogP contribution in [0.3, 0.4) is 0 Å². The lowest BCUT2D eigenvalue weighted by Crippen LogP contribution is -2.31. The van der Waals surface area contributed by atoms with Crippen LogP contribution >= 0.6 is 0 Å². The van der Waals surface area contributed by atoms with Gasteiger partial charge in [-0.05, 0) is 12.5 Å². The fourth-order valence-electron chi connectivity index (χ4n) is 3.91. The average Bonchev–Trinajstić information content (AvgIpc) is 3.41. The number of para-hydroxylation sites is 1. The third kappa shape index (κ3) is 3.87. The molecule has 0 radical (unpaired) electrons. The van der Waals surface area contributed by atoms with Crippen LogP contribution in [0.5, 0.6) is 0 Å². The highest BCUT2D eigenvalue weighted by molar-refractivity contribution is 6.46. The molecule has 1 aromatic heterocycles. The van der Waals surface area contributed by atoms with Crippen molar-refractivity contribution in [2.75, 3.05) is 6.54 Å². The van der Waals surface area contributed by atoms with Crippen molar-refractivity contribution in [3.63, 3.8) is 0 Å². The fraction of sp³-hybridized carbons (Fsp3) is 0.174. The van der Waals surface area contributed by atoms with Gasteiger partial charge >= 0.3 is 0 Å². The lowest BCUT2D eigenvalue weighted by Gasteiger charge is -2.25. The number of likely N-dealkylation sites (tertiary alicyclic amines) is 1. The Morgan fingerprint density at radius 3 is 2.47 bits per heavy atom. The molecule has 2 aromatic carbocycles. The number of carbonyl (C=O) groups excluding carboxylic acids is 2. The number of ketones is 1. The molecule has 9 heteroatoms. The summed E-state index contributed by atoms with van der Waals surface area (Å²) in [6.45, 7) is 0.719. The van der Waals surface area contributed by atoms with E-state index in [4.69, 9.17) is 0 Å². The molecule has 1 N–H and O–H groups in total. The van der Waals surface area contributed by atoms with Crippen LogP contribution in [0.2, 0.25) is 0 Å². The molecule has 1 amide bonds. The van der Waals surface area contributed by atoms with Gasteiger partial charge < -0.3 is 14.6 Å². The molecule has 1 unspecified atom stereocenters. The van der Waals surface area contributed by atoms with Crippen LogP contribution < -0.4 is 0 Å². The Labute approximate surface area is 183 Å². The topological polar surface area (TPSA) is 119 Å². The number of imidazole rings is 1. The minimum absolute atomic E-state index is 0.155. The van der Waals surface area contributed by atoms with E-state index in [1.165, 1.54) is 23.1 Å². The van der Waals surface area contributed by atoms with Gasteiger partial charge in [0.2, 0.25) is 0 Å². The molecular weight excluding hydrogens is 412 g/mol. The van der Waals surface area contributed by atoms with Gasteiger partial charge in [-0.2, -0.15) is 0 Å². The van der Waals surface area contributed by atoms with E-state index in [0.717, 1.165) is 0 Å². The second-order valence-electron chi connectivity index (χ2n) is 7.33. The highest BCUT2D eigenvalue weighted by Gasteiger charge is 2.47. The first-order valence-corrected chi connectivity index (χ1v) is 10.0. The highest BCUT2D eigenvalue weighted by Crippen LogP contribution is 2.42. The van der Waals surface area contributed by atoms with Crippen molar-refractivity contribution < 1.29 is 19.6 Å². The summed E-state index contributed by atoms with van der Waals surface area (Å²) in [4.78, 5) is 42.4. The molecule has 2 heterocycles. The minimum Gasteiger partial charge on any atom is -0.507 e. The Morgan fingerprint density at radius 2 is 1.78 bits per heavy atom. The number of hydrogen-bond donors (Lipinski definition) is 1. The zero-order valence-electron chi connectivity index (χ0n) is 17.0. The number of nitro benzene ring substituents is 1. The number of carbonyl (C=O) groups is 2. The van der Waals surface area contributed by atoms with E-state index in [1.807, 2.05) is 4.57 Å². The van der Waals surface area contributed by atoms with Crippen LogP contribution in [-0.2, 0) is 16.1 Å². The van der Waals surface area contributed by atoms with Gasteiger partial charge in [0.15, 0.2) is 0 Å². The van der Waals surface area contributed by atoms with Crippen molar-refractivity contribution in [1.82, 2.24) is 14.5 Å². The van der Waals surface area contributed by atoms with Gasteiger partial charge in [-0.25, -0.2) is 4.98 Å². The third-order valence-corrected chi connectivity index (χ3v) is 5.39. The van der Waals surface area contributed by atoms with Gasteiger partial charge in [-0.3, -0.25) is 19.7 Å². The third-order valence-electron chi connectivity index (χ3n) is 5.39. The van der Waals surface area contributed by atoms with Crippen molar-refractivity contribution in [3.8, 4) is 0 Å². The van der Waals surface area contributed by atoms with Crippen LogP contribution in [0, 0.1) is 10.1 Å². The maximum absolute atomic E-state index is 13.0. The van der Waals surface area contributed by atoms with Gasteiger partial charge in [0.25, 0.3) is 17.4 Å². The maximum atomic E-state index is 13.0. The standard InChI is InChI=1S/C23H20N4O5/c28-21(16-7-2-1-3-8-16)19-20(17-9-4-5-10-18(17)27(31)32)26(23(30)22(19)29)13-6-12-25-14-11-24-15-25/h1-5,7-11,14-15,20,28H,6,12-13H2. The number of aromatic nitrogens is 2. The summed E-state index contributed by atoms with van der Waals surface area (Å²) in [5.74, 6) is -2.02. The molecule has 1 fully saturated rings. The van der Waals surface area contributed by atoms with Crippen molar-refractivity contribution in [3.05, 3.63) is 100 Å². The van der Waals surface area contributed by atoms with Crippen molar-refractivity contribution in [1.29, 1.82) is 0 Å². The number of rotatable bonds is 7. The summed E-state index contributed by atoms with van der Waals surface area (Å²) < 4.78 is 1.83. The molecule has 1 saturated heterocycles. The summed E-state index contributed by atoms with van der Waals surface area (Å²) in [7, 11) is 0. The Kier molecular flexibility index (Phi) is 5.80. The second-order valence-corrected chi connectivity index (χ2v) is 7.33. The molecule has 32 heavy (non-hydrogen) atoms. The molecule has 0 spiro atoms. The first-order chi connectivity index (χ1) is 15.5. The molecule has 0 saturated carbocycles. The number of aliphatic hydroxyl groups excluding tert-OH is 1. The maximum Gasteiger partial charge on any atom is 0.295 e. The van der Waals surface area contributed by atoms with Crippen LogP contribution in [0.25, 0.3) is 5.76 Å². The number of aliphatic hydroxyl groups is 1. The molecule has 1 aliphatic heterocycles. The number of benzene rings is 2. The van der Waals surface area contributed by atoms with Crippen LogP contribution in [0.4, 0.5) is 5.69 Å². The van der Waals surface area contributed by atoms with Crippen molar-refractivity contribution >= 4 is 23.1 Å². The van der Waals surface area contributed by atoms with Crippen LogP contribution in [-0.4, -0.2) is 42.7 Å². The van der Waals surface area contributed by atoms with E-state index >= 15 is 0 Å². The summed E-state index contributed by atoms with van der Waals surface area (Å²) in [5, 5.41) is 22.7. The molecular formula is C23H20N4O5. The Balaban J connectivity index is 1.79. The largest absolute Gasteiger partial charge is 0.507 e. The van der Waals surface area contributed by atoms with E-state index in [1.54, 1.807) is 55.1 Å². The molecule has 3 aromatic rings.